The largest absolute Gasteiger partial charge is 0.377 e. The summed E-state index contributed by atoms with van der Waals surface area (Å²) in [5.41, 5.74) is 8.02. The molecule has 1 aromatic carbocycles. The number of halogens is 1. The molecule has 3 heterocycles. The van der Waals surface area contributed by atoms with Crippen LogP contribution in [0, 0.1) is 3.57 Å². The summed E-state index contributed by atoms with van der Waals surface area (Å²) in [6.45, 7) is 1.32. The van der Waals surface area contributed by atoms with Gasteiger partial charge in [-0.15, -0.1) is 0 Å². The third-order valence-electron chi connectivity index (χ3n) is 4.00. The number of nitrogens with two attached hydrogens (primary N) is 1. The van der Waals surface area contributed by atoms with E-state index in [9.17, 15) is 4.79 Å². The third kappa shape index (κ3) is 3.02. The minimum atomic E-state index is -0.492. The first kappa shape index (κ1) is 16.2. The predicted molar refractivity (Wildman–Crippen MR) is 102 cm³/mol. The molecule has 0 saturated carbocycles. The number of nitrogens with one attached hydrogen (secondary N) is 1. The van der Waals surface area contributed by atoms with E-state index in [-0.39, 0.29) is 6.04 Å². The number of anilines is 1. The van der Waals surface area contributed by atoms with Gasteiger partial charge in [0.15, 0.2) is 0 Å². The molecular weight excluding hydrogens is 433 g/mol. The number of carbonyl (C=O) groups excluding carboxylic acids is 1. The summed E-state index contributed by atoms with van der Waals surface area (Å²) < 4.78 is 6.06. The van der Waals surface area contributed by atoms with Crippen molar-refractivity contribution in [3.8, 4) is 11.3 Å². The smallest absolute Gasteiger partial charge is 0.249 e. The van der Waals surface area contributed by atoms with Gasteiger partial charge in [0.1, 0.15) is 0 Å². The fourth-order valence-electron chi connectivity index (χ4n) is 2.68. The molecule has 4 rings (SSSR count). The number of hydrogen-bond donors (Lipinski definition) is 2. The average Bonchev–Trinajstić information content (AvgIpc) is 2.59. The lowest BCUT2D eigenvalue weighted by molar-refractivity contribution is 0.0208. The normalized spacial score (nSPS) is 14.3. The summed E-state index contributed by atoms with van der Waals surface area (Å²) in [7, 11) is 0. The van der Waals surface area contributed by atoms with Crippen LogP contribution in [0.15, 0.2) is 36.7 Å². The lowest BCUT2D eigenvalue weighted by atomic mass is 10.0. The number of aromatic nitrogens is 3. The van der Waals surface area contributed by atoms with E-state index in [1.807, 2.05) is 12.1 Å². The maximum atomic E-state index is 11.8. The molecule has 8 heteroatoms. The highest BCUT2D eigenvalue weighted by atomic mass is 127. The van der Waals surface area contributed by atoms with Crippen LogP contribution in [0.2, 0.25) is 0 Å². The van der Waals surface area contributed by atoms with Crippen LogP contribution in [0.1, 0.15) is 10.4 Å². The molecule has 2 aromatic heterocycles. The summed E-state index contributed by atoms with van der Waals surface area (Å²) in [5, 5.41) is 4.02. The Kier molecular flexibility index (Phi) is 4.22. The first-order valence-corrected chi connectivity index (χ1v) is 8.76. The second-order valence-corrected chi connectivity index (χ2v) is 6.86. The fraction of sp³-hybridized carbons (Fsp3) is 0.176. The van der Waals surface area contributed by atoms with Gasteiger partial charge < -0.3 is 15.8 Å². The number of ether oxygens (including phenoxy) is 1. The molecule has 126 valence electrons. The second kappa shape index (κ2) is 6.52. The van der Waals surface area contributed by atoms with Gasteiger partial charge in [0.25, 0.3) is 0 Å². The number of benzene rings is 1. The van der Waals surface area contributed by atoms with E-state index in [1.165, 1.54) is 0 Å². The number of primary amides is 1. The van der Waals surface area contributed by atoms with Crippen LogP contribution < -0.4 is 11.1 Å². The molecule has 7 nitrogen and oxygen atoms in total. The van der Waals surface area contributed by atoms with Gasteiger partial charge in [-0.1, -0.05) is 18.2 Å². The molecule has 3 N–H and O–H groups in total. The van der Waals surface area contributed by atoms with E-state index in [2.05, 4.69) is 42.9 Å². The first-order chi connectivity index (χ1) is 12.1. The molecule has 0 atom stereocenters. The summed E-state index contributed by atoms with van der Waals surface area (Å²) in [4.78, 5) is 25.3. The molecule has 0 bridgehead atoms. The SMILES string of the molecule is NC(=O)c1ccccc1-c1ncc(I)c2nc(NC3COC3)ncc12. The molecule has 0 aliphatic carbocycles. The Morgan fingerprint density at radius 2 is 2.04 bits per heavy atom. The average molecular weight is 447 g/mol. The maximum Gasteiger partial charge on any atom is 0.249 e. The van der Waals surface area contributed by atoms with Crippen molar-refractivity contribution in [1.82, 2.24) is 15.0 Å². The maximum absolute atomic E-state index is 11.8. The topological polar surface area (TPSA) is 103 Å². The highest BCUT2D eigenvalue weighted by molar-refractivity contribution is 14.1. The quantitative estimate of drug-likeness (QED) is 0.595. The Morgan fingerprint density at radius 1 is 1.24 bits per heavy atom. The van der Waals surface area contributed by atoms with Crippen molar-refractivity contribution in [2.24, 2.45) is 5.73 Å². The molecule has 1 fully saturated rings. The van der Waals surface area contributed by atoms with E-state index in [1.54, 1.807) is 24.5 Å². The van der Waals surface area contributed by atoms with Gasteiger partial charge in [0, 0.05) is 28.9 Å². The van der Waals surface area contributed by atoms with Crippen molar-refractivity contribution in [1.29, 1.82) is 0 Å². The minimum absolute atomic E-state index is 0.243. The number of fused-ring (bicyclic) bond motifs is 1. The zero-order valence-electron chi connectivity index (χ0n) is 13.1. The molecule has 0 unspecified atom stereocenters. The zero-order valence-corrected chi connectivity index (χ0v) is 15.2. The number of carbonyl (C=O) groups is 1. The highest BCUT2D eigenvalue weighted by Gasteiger charge is 2.20. The lowest BCUT2D eigenvalue weighted by Crippen LogP contribution is -2.40. The van der Waals surface area contributed by atoms with Gasteiger partial charge in [-0.2, -0.15) is 0 Å². The number of rotatable bonds is 4. The summed E-state index contributed by atoms with van der Waals surface area (Å²) in [6.07, 6.45) is 3.46. The van der Waals surface area contributed by atoms with Gasteiger partial charge in [0.2, 0.25) is 11.9 Å². The van der Waals surface area contributed by atoms with E-state index in [4.69, 9.17) is 10.5 Å². The van der Waals surface area contributed by atoms with E-state index >= 15 is 0 Å². The van der Waals surface area contributed by atoms with Gasteiger partial charge in [0.05, 0.1) is 34.0 Å². The van der Waals surface area contributed by atoms with Crippen LogP contribution >= 0.6 is 22.6 Å². The Bertz CT molecular complexity index is 974. The Hall–Kier alpha value is -2.33. The Labute approximate surface area is 157 Å². The van der Waals surface area contributed by atoms with Crippen LogP contribution in [0.25, 0.3) is 22.2 Å². The van der Waals surface area contributed by atoms with Crippen molar-refractivity contribution in [3.05, 3.63) is 45.8 Å². The molecule has 1 amide bonds. The second-order valence-electron chi connectivity index (χ2n) is 5.70. The molecule has 1 aliphatic heterocycles. The van der Waals surface area contributed by atoms with Crippen LogP contribution in [0.5, 0.6) is 0 Å². The molecule has 1 saturated heterocycles. The van der Waals surface area contributed by atoms with Crippen molar-refractivity contribution in [2.45, 2.75) is 6.04 Å². The Morgan fingerprint density at radius 3 is 2.76 bits per heavy atom. The number of amides is 1. The molecular formula is C17H14IN5O2. The van der Waals surface area contributed by atoms with Crippen molar-refractivity contribution in [3.63, 3.8) is 0 Å². The van der Waals surface area contributed by atoms with E-state index < -0.39 is 5.91 Å². The number of nitrogens with zero attached hydrogens (tertiary/aromatic N) is 3. The highest BCUT2D eigenvalue weighted by Crippen LogP contribution is 2.30. The minimum Gasteiger partial charge on any atom is -0.377 e. The molecule has 1 aliphatic rings. The van der Waals surface area contributed by atoms with Gasteiger partial charge in [-0.3, -0.25) is 9.78 Å². The van der Waals surface area contributed by atoms with Crippen molar-refractivity contribution >= 4 is 45.3 Å². The molecule has 3 aromatic rings. The van der Waals surface area contributed by atoms with E-state index in [0.29, 0.717) is 36.0 Å². The predicted octanol–water partition coefficient (Wildman–Crippen LogP) is 2.21. The molecule has 0 spiro atoms. The Balaban J connectivity index is 1.85. The van der Waals surface area contributed by atoms with Crippen LogP contribution in [-0.2, 0) is 4.74 Å². The van der Waals surface area contributed by atoms with Crippen LogP contribution in [0.4, 0.5) is 5.95 Å². The first-order valence-electron chi connectivity index (χ1n) is 7.68. The summed E-state index contributed by atoms with van der Waals surface area (Å²) in [5.74, 6) is 0.0624. The van der Waals surface area contributed by atoms with Crippen molar-refractivity contribution in [2.75, 3.05) is 18.5 Å². The number of hydrogen-bond acceptors (Lipinski definition) is 6. The van der Waals surface area contributed by atoms with Gasteiger partial charge in [-0.25, -0.2) is 9.97 Å². The van der Waals surface area contributed by atoms with Crippen LogP contribution in [0.3, 0.4) is 0 Å². The van der Waals surface area contributed by atoms with Gasteiger partial charge in [-0.05, 0) is 28.7 Å². The van der Waals surface area contributed by atoms with E-state index in [0.717, 1.165) is 14.5 Å². The summed E-state index contributed by atoms with van der Waals surface area (Å²) >= 11 is 2.19. The number of pyridine rings is 1. The van der Waals surface area contributed by atoms with Crippen molar-refractivity contribution < 1.29 is 9.53 Å². The summed E-state index contributed by atoms with van der Waals surface area (Å²) in [6, 6.07) is 7.38. The monoisotopic (exact) mass is 447 g/mol. The van der Waals surface area contributed by atoms with Gasteiger partial charge >= 0.3 is 0 Å². The molecule has 25 heavy (non-hydrogen) atoms. The molecule has 0 radical (unpaired) electrons. The zero-order chi connectivity index (χ0) is 17.4. The fourth-order valence-corrected chi connectivity index (χ4v) is 3.23. The standard InChI is InChI=1S/C17H14IN5O2/c18-13-6-20-14(10-3-1-2-4-11(10)16(19)24)12-5-21-17(23-15(12)13)22-9-7-25-8-9/h1-6,9H,7-8H2,(H2,19,24)(H,21,22,23). The lowest BCUT2D eigenvalue weighted by Gasteiger charge is -2.26. The third-order valence-corrected chi connectivity index (χ3v) is 4.79. The van der Waals surface area contributed by atoms with Crippen LogP contribution in [-0.4, -0.2) is 40.1 Å².